The SMILES string of the molecule is C=CC(=O)NC(C)(C)C(=O)OC(C)C. The van der Waals surface area contributed by atoms with Gasteiger partial charge in [0.1, 0.15) is 5.54 Å². The Bertz CT molecular complexity index is 244. The van der Waals surface area contributed by atoms with Crippen LogP contribution in [0.3, 0.4) is 0 Å². The maximum Gasteiger partial charge on any atom is 0.331 e. The Kier molecular flexibility index (Phi) is 4.34. The van der Waals surface area contributed by atoms with Gasteiger partial charge in [-0.2, -0.15) is 0 Å². The zero-order chi connectivity index (χ0) is 11.4. The van der Waals surface area contributed by atoms with E-state index in [1.54, 1.807) is 27.7 Å². The van der Waals surface area contributed by atoms with Crippen molar-refractivity contribution in [2.75, 3.05) is 0 Å². The summed E-state index contributed by atoms with van der Waals surface area (Å²) in [6, 6.07) is 0. The van der Waals surface area contributed by atoms with Crippen LogP contribution in [0, 0.1) is 0 Å². The van der Waals surface area contributed by atoms with Crippen LogP contribution in [0.25, 0.3) is 0 Å². The lowest BCUT2D eigenvalue weighted by Gasteiger charge is -2.24. The van der Waals surface area contributed by atoms with Gasteiger partial charge >= 0.3 is 5.97 Å². The summed E-state index contributed by atoms with van der Waals surface area (Å²) in [5, 5.41) is 2.48. The van der Waals surface area contributed by atoms with Gasteiger partial charge in [-0.1, -0.05) is 6.58 Å². The highest BCUT2D eigenvalue weighted by Crippen LogP contribution is 2.07. The molecule has 1 amide bonds. The Morgan fingerprint density at radius 3 is 2.29 bits per heavy atom. The number of nitrogens with one attached hydrogen (secondary N) is 1. The van der Waals surface area contributed by atoms with E-state index in [1.165, 1.54) is 0 Å². The molecule has 0 aliphatic heterocycles. The van der Waals surface area contributed by atoms with Crippen LogP contribution in [0.2, 0.25) is 0 Å². The predicted octanol–water partition coefficient (Wildman–Crippen LogP) is 1.02. The van der Waals surface area contributed by atoms with Crippen molar-refractivity contribution in [2.24, 2.45) is 0 Å². The highest BCUT2D eigenvalue weighted by molar-refractivity contribution is 5.92. The topological polar surface area (TPSA) is 55.4 Å². The molecule has 1 N–H and O–H groups in total. The van der Waals surface area contributed by atoms with Gasteiger partial charge in [0, 0.05) is 0 Å². The Hall–Kier alpha value is -1.32. The van der Waals surface area contributed by atoms with Crippen molar-refractivity contribution in [2.45, 2.75) is 39.3 Å². The summed E-state index contributed by atoms with van der Waals surface area (Å²) in [5.74, 6) is -0.849. The molecule has 14 heavy (non-hydrogen) atoms. The third-order valence-corrected chi connectivity index (χ3v) is 1.47. The average Bonchev–Trinajstić information content (AvgIpc) is 2.02. The average molecular weight is 199 g/mol. The summed E-state index contributed by atoms with van der Waals surface area (Å²) in [5.41, 5.74) is -1.02. The van der Waals surface area contributed by atoms with Crippen molar-refractivity contribution in [1.82, 2.24) is 5.32 Å². The number of carbonyl (C=O) groups excluding carboxylic acids is 2. The second kappa shape index (κ2) is 4.79. The molecule has 0 saturated carbocycles. The predicted molar refractivity (Wildman–Crippen MR) is 53.6 cm³/mol. The fraction of sp³-hybridized carbons (Fsp3) is 0.600. The number of ether oxygens (including phenoxy) is 1. The van der Waals surface area contributed by atoms with E-state index in [0.29, 0.717) is 0 Å². The van der Waals surface area contributed by atoms with E-state index in [1.807, 2.05) is 0 Å². The third-order valence-electron chi connectivity index (χ3n) is 1.47. The summed E-state index contributed by atoms with van der Waals surface area (Å²) in [4.78, 5) is 22.4. The lowest BCUT2D eigenvalue weighted by atomic mass is 10.1. The second-order valence-electron chi connectivity index (χ2n) is 3.77. The number of hydrogen-bond acceptors (Lipinski definition) is 3. The number of carbonyl (C=O) groups is 2. The molecule has 0 unspecified atom stereocenters. The third kappa shape index (κ3) is 4.07. The van der Waals surface area contributed by atoms with Crippen LogP contribution >= 0.6 is 0 Å². The highest BCUT2D eigenvalue weighted by atomic mass is 16.5. The first kappa shape index (κ1) is 12.7. The number of hydrogen-bond donors (Lipinski definition) is 1. The summed E-state index contributed by atoms with van der Waals surface area (Å²) in [7, 11) is 0. The summed E-state index contributed by atoms with van der Waals surface area (Å²) >= 11 is 0. The molecule has 0 rings (SSSR count). The van der Waals surface area contributed by atoms with Crippen molar-refractivity contribution < 1.29 is 14.3 Å². The zero-order valence-corrected chi connectivity index (χ0v) is 9.09. The van der Waals surface area contributed by atoms with Gasteiger partial charge in [0.05, 0.1) is 6.10 Å². The minimum absolute atomic E-state index is 0.192. The fourth-order valence-electron chi connectivity index (χ4n) is 0.771. The summed E-state index contributed by atoms with van der Waals surface area (Å²) in [6.07, 6.45) is 0.923. The largest absolute Gasteiger partial charge is 0.461 e. The fourth-order valence-corrected chi connectivity index (χ4v) is 0.771. The number of amides is 1. The molecule has 0 aromatic rings. The molecule has 0 fully saturated rings. The van der Waals surface area contributed by atoms with Gasteiger partial charge in [-0.15, -0.1) is 0 Å². The van der Waals surface area contributed by atoms with Crippen molar-refractivity contribution in [1.29, 1.82) is 0 Å². The van der Waals surface area contributed by atoms with Crippen LogP contribution in [0.15, 0.2) is 12.7 Å². The number of esters is 1. The minimum atomic E-state index is -1.02. The first-order chi connectivity index (χ1) is 6.29. The minimum Gasteiger partial charge on any atom is -0.461 e. The van der Waals surface area contributed by atoms with Crippen molar-refractivity contribution in [3.63, 3.8) is 0 Å². The first-order valence-corrected chi connectivity index (χ1v) is 4.45. The van der Waals surface area contributed by atoms with E-state index in [4.69, 9.17) is 4.74 Å². The van der Waals surface area contributed by atoms with Crippen LogP contribution in [0.4, 0.5) is 0 Å². The Labute approximate surface area is 84.3 Å². The molecule has 80 valence electrons. The molecule has 0 spiro atoms. The highest BCUT2D eigenvalue weighted by Gasteiger charge is 2.30. The van der Waals surface area contributed by atoms with Gasteiger partial charge in [-0.3, -0.25) is 4.79 Å². The smallest absolute Gasteiger partial charge is 0.331 e. The van der Waals surface area contributed by atoms with E-state index >= 15 is 0 Å². The molecule has 4 heteroatoms. The standard InChI is InChI=1S/C10H17NO3/c1-6-8(12)11-10(4,5)9(13)14-7(2)3/h6-7H,1H2,2-5H3,(H,11,12). The van der Waals surface area contributed by atoms with Crippen molar-refractivity contribution in [3.05, 3.63) is 12.7 Å². The van der Waals surface area contributed by atoms with Crippen LogP contribution in [0.5, 0.6) is 0 Å². The van der Waals surface area contributed by atoms with Crippen LogP contribution in [0.1, 0.15) is 27.7 Å². The van der Waals surface area contributed by atoms with E-state index < -0.39 is 17.4 Å². The van der Waals surface area contributed by atoms with E-state index in [2.05, 4.69) is 11.9 Å². The normalized spacial score (nSPS) is 10.9. The van der Waals surface area contributed by atoms with E-state index in [-0.39, 0.29) is 6.10 Å². The van der Waals surface area contributed by atoms with Gasteiger partial charge in [-0.05, 0) is 33.8 Å². The Morgan fingerprint density at radius 2 is 1.93 bits per heavy atom. The monoisotopic (exact) mass is 199 g/mol. The molecular formula is C10H17NO3. The molecule has 0 aliphatic rings. The van der Waals surface area contributed by atoms with Crippen molar-refractivity contribution >= 4 is 11.9 Å². The van der Waals surface area contributed by atoms with Crippen LogP contribution < -0.4 is 5.32 Å². The van der Waals surface area contributed by atoms with Crippen LogP contribution in [-0.4, -0.2) is 23.5 Å². The zero-order valence-electron chi connectivity index (χ0n) is 9.09. The molecule has 0 radical (unpaired) electrons. The van der Waals surface area contributed by atoms with Gasteiger partial charge in [0.15, 0.2) is 0 Å². The van der Waals surface area contributed by atoms with E-state index in [9.17, 15) is 9.59 Å². The molecule has 4 nitrogen and oxygen atoms in total. The number of rotatable bonds is 4. The first-order valence-electron chi connectivity index (χ1n) is 4.45. The van der Waals surface area contributed by atoms with E-state index in [0.717, 1.165) is 6.08 Å². The maximum absolute atomic E-state index is 11.5. The molecule has 0 atom stereocenters. The lowest BCUT2D eigenvalue weighted by Crippen LogP contribution is -2.50. The van der Waals surface area contributed by atoms with Gasteiger partial charge in [0.2, 0.25) is 5.91 Å². The molecule has 0 bridgehead atoms. The van der Waals surface area contributed by atoms with Gasteiger partial charge < -0.3 is 10.1 Å². The second-order valence-corrected chi connectivity index (χ2v) is 3.77. The van der Waals surface area contributed by atoms with Crippen molar-refractivity contribution in [3.8, 4) is 0 Å². The molecule has 0 saturated heterocycles. The summed E-state index contributed by atoms with van der Waals surface area (Å²) in [6.45, 7) is 9.97. The molecule has 0 aliphatic carbocycles. The molecular weight excluding hydrogens is 182 g/mol. The molecule has 0 heterocycles. The lowest BCUT2D eigenvalue weighted by molar-refractivity contribution is -0.155. The van der Waals surface area contributed by atoms with Gasteiger partial charge in [-0.25, -0.2) is 4.79 Å². The quantitative estimate of drug-likeness (QED) is 0.543. The Balaban J connectivity index is 4.37. The molecule has 0 aromatic heterocycles. The van der Waals surface area contributed by atoms with Crippen LogP contribution in [-0.2, 0) is 14.3 Å². The maximum atomic E-state index is 11.5. The molecule has 0 aromatic carbocycles. The summed E-state index contributed by atoms with van der Waals surface area (Å²) < 4.78 is 4.97. The van der Waals surface area contributed by atoms with Gasteiger partial charge in [0.25, 0.3) is 0 Å². The Morgan fingerprint density at radius 1 is 1.43 bits per heavy atom.